The highest BCUT2D eigenvalue weighted by molar-refractivity contribution is 7.92. The molecule has 6 heteroatoms. The van der Waals surface area contributed by atoms with Crippen LogP contribution in [0.3, 0.4) is 0 Å². The lowest BCUT2D eigenvalue weighted by Crippen LogP contribution is -2.26. The molecule has 0 bridgehead atoms. The summed E-state index contributed by atoms with van der Waals surface area (Å²) < 4.78 is 56.8. The molecular formula is C8H15F3O2S. The Morgan fingerprint density at radius 1 is 1.07 bits per heavy atom. The minimum Gasteiger partial charge on any atom is -0.220 e. The van der Waals surface area contributed by atoms with Crippen molar-refractivity contribution in [2.24, 2.45) is 5.41 Å². The van der Waals surface area contributed by atoms with E-state index >= 15 is 0 Å². The standard InChI is InChI=1S/C8H15F3O2S/c1-7(2,3)5-4-6-14(12,13)8(9,10)11/h4-6H2,1-3H3. The molecule has 0 aromatic rings. The van der Waals surface area contributed by atoms with E-state index in [4.69, 9.17) is 0 Å². The normalized spacial score (nSPS) is 14.4. The Bertz CT molecular complexity index is 272. The molecule has 0 amide bonds. The molecule has 0 radical (unpaired) electrons. The average Bonchev–Trinajstić information content (AvgIpc) is 1.80. The van der Waals surface area contributed by atoms with Gasteiger partial charge in [-0.15, -0.1) is 0 Å². The summed E-state index contributed by atoms with van der Waals surface area (Å²) in [5.74, 6) is -0.812. The molecule has 0 rings (SSSR count). The molecule has 0 aliphatic carbocycles. The van der Waals surface area contributed by atoms with Gasteiger partial charge in [-0.2, -0.15) is 13.2 Å². The molecule has 2 nitrogen and oxygen atoms in total. The highest BCUT2D eigenvalue weighted by atomic mass is 32.2. The zero-order valence-electron chi connectivity index (χ0n) is 8.48. The van der Waals surface area contributed by atoms with Crippen molar-refractivity contribution >= 4 is 9.84 Å². The van der Waals surface area contributed by atoms with Crippen molar-refractivity contribution < 1.29 is 21.6 Å². The summed E-state index contributed by atoms with van der Waals surface area (Å²) in [5.41, 5.74) is -5.24. The van der Waals surface area contributed by atoms with Gasteiger partial charge < -0.3 is 0 Å². The lowest BCUT2D eigenvalue weighted by molar-refractivity contribution is -0.0436. The maximum absolute atomic E-state index is 11.9. The molecule has 0 fully saturated rings. The van der Waals surface area contributed by atoms with Gasteiger partial charge >= 0.3 is 5.51 Å². The number of alkyl halides is 3. The molecule has 0 aromatic carbocycles. The van der Waals surface area contributed by atoms with Crippen molar-refractivity contribution in [3.05, 3.63) is 0 Å². The Balaban J connectivity index is 4.17. The van der Waals surface area contributed by atoms with Crippen molar-refractivity contribution in [2.45, 2.75) is 39.1 Å². The number of hydrogen-bond donors (Lipinski definition) is 0. The van der Waals surface area contributed by atoms with Crippen LogP contribution in [0.25, 0.3) is 0 Å². The number of rotatable bonds is 3. The minimum atomic E-state index is -5.11. The Labute approximate surface area is 82.4 Å². The Hall–Kier alpha value is -0.260. The second-order valence-corrected chi connectivity index (χ2v) is 6.53. The fourth-order valence-corrected chi connectivity index (χ4v) is 1.66. The molecule has 0 unspecified atom stereocenters. The first-order valence-corrected chi connectivity index (χ1v) is 5.90. The van der Waals surface area contributed by atoms with Gasteiger partial charge in [0.15, 0.2) is 0 Å². The van der Waals surface area contributed by atoms with E-state index in [-0.39, 0.29) is 11.8 Å². The summed E-state index contributed by atoms with van der Waals surface area (Å²) in [6.45, 7) is 5.56. The van der Waals surface area contributed by atoms with Gasteiger partial charge in [0.1, 0.15) is 0 Å². The predicted octanol–water partition coefficient (Wildman–Crippen LogP) is 2.75. The summed E-state index contributed by atoms with van der Waals surface area (Å²) >= 11 is 0. The molecule has 0 atom stereocenters. The van der Waals surface area contributed by atoms with Crippen molar-refractivity contribution in [1.82, 2.24) is 0 Å². The van der Waals surface area contributed by atoms with Crippen LogP contribution in [0.5, 0.6) is 0 Å². The summed E-state index contributed by atoms with van der Waals surface area (Å²) in [4.78, 5) is 0. The molecular weight excluding hydrogens is 217 g/mol. The molecule has 0 aliphatic heterocycles. The van der Waals surface area contributed by atoms with Crippen LogP contribution < -0.4 is 0 Å². The van der Waals surface area contributed by atoms with Crippen LogP contribution in [-0.4, -0.2) is 19.7 Å². The van der Waals surface area contributed by atoms with Gasteiger partial charge in [-0.1, -0.05) is 20.8 Å². The van der Waals surface area contributed by atoms with Crippen LogP contribution in [0, 0.1) is 5.41 Å². The molecule has 86 valence electrons. The molecule has 0 saturated heterocycles. The van der Waals surface area contributed by atoms with E-state index in [1.807, 2.05) is 20.8 Å². The first kappa shape index (κ1) is 13.7. The summed E-state index contributed by atoms with van der Waals surface area (Å²) in [6, 6.07) is 0. The highest BCUT2D eigenvalue weighted by Crippen LogP contribution is 2.27. The van der Waals surface area contributed by atoms with Gasteiger partial charge in [-0.05, 0) is 18.3 Å². The van der Waals surface area contributed by atoms with Crippen molar-refractivity contribution in [3.63, 3.8) is 0 Å². The molecule has 0 N–H and O–H groups in total. The van der Waals surface area contributed by atoms with E-state index in [0.717, 1.165) is 0 Å². The van der Waals surface area contributed by atoms with Crippen LogP contribution in [0.4, 0.5) is 13.2 Å². The monoisotopic (exact) mass is 232 g/mol. The quantitative estimate of drug-likeness (QED) is 0.749. The fourth-order valence-electron chi connectivity index (χ4n) is 0.908. The highest BCUT2D eigenvalue weighted by Gasteiger charge is 2.44. The molecule has 0 aliphatic rings. The maximum Gasteiger partial charge on any atom is 0.497 e. The van der Waals surface area contributed by atoms with E-state index < -0.39 is 21.1 Å². The Kier molecular flexibility index (Phi) is 4.01. The van der Waals surface area contributed by atoms with E-state index in [1.54, 1.807) is 0 Å². The molecule has 0 spiro atoms. The van der Waals surface area contributed by atoms with Crippen molar-refractivity contribution in [2.75, 3.05) is 5.75 Å². The SMILES string of the molecule is CC(C)(C)CCCS(=O)(=O)C(F)(F)F. The summed E-state index contributed by atoms with van der Waals surface area (Å²) in [7, 11) is -4.92. The summed E-state index contributed by atoms with van der Waals surface area (Å²) in [6.07, 6.45) is 0.508. The average molecular weight is 232 g/mol. The molecule has 0 heterocycles. The van der Waals surface area contributed by atoms with Gasteiger partial charge in [0.25, 0.3) is 0 Å². The maximum atomic E-state index is 11.9. The summed E-state index contributed by atoms with van der Waals surface area (Å²) in [5, 5.41) is 0. The lowest BCUT2D eigenvalue weighted by atomic mass is 9.91. The second-order valence-electron chi connectivity index (χ2n) is 4.43. The second kappa shape index (κ2) is 4.08. The topological polar surface area (TPSA) is 34.1 Å². The molecule has 0 saturated carbocycles. The first-order valence-electron chi connectivity index (χ1n) is 4.25. The van der Waals surface area contributed by atoms with Crippen LogP contribution in [0.15, 0.2) is 0 Å². The van der Waals surface area contributed by atoms with E-state index in [9.17, 15) is 21.6 Å². The van der Waals surface area contributed by atoms with Gasteiger partial charge in [-0.3, -0.25) is 0 Å². The van der Waals surface area contributed by atoms with Gasteiger partial charge in [0.2, 0.25) is 9.84 Å². The third-order valence-electron chi connectivity index (χ3n) is 1.69. The fraction of sp³-hybridized carbons (Fsp3) is 1.00. The van der Waals surface area contributed by atoms with Crippen molar-refractivity contribution in [3.8, 4) is 0 Å². The minimum absolute atomic E-state index is 0.0470. The number of halogens is 3. The van der Waals surface area contributed by atoms with Crippen molar-refractivity contribution in [1.29, 1.82) is 0 Å². The molecule has 14 heavy (non-hydrogen) atoms. The third-order valence-corrected chi connectivity index (χ3v) is 3.22. The number of sulfone groups is 1. The van der Waals surface area contributed by atoms with Gasteiger partial charge in [0.05, 0.1) is 5.75 Å². The zero-order chi connectivity index (χ0) is 11.6. The van der Waals surface area contributed by atoms with Crippen LogP contribution >= 0.6 is 0 Å². The van der Waals surface area contributed by atoms with Gasteiger partial charge in [-0.25, -0.2) is 8.42 Å². The smallest absolute Gasteiger partial charge is 0.220 e. The lowest BCUT2D eigenvalue weighted by Gasteiger charge is -2.17. The van der Waals surface area contributed by atoms with E-state index in [1.165, 1.54) is 0 Å². The third kappa shape index (κ3) is 4.83. The van der Waals surface area contributed by atoms with E-state index in [0.29, 0.717) is 6.42 Å². The van der Waals surface area contributed by atoms with Crippen LogP contribution in [0.2, 0.25) is 0 Å². The van der Waals surface area contributed by atoms with Gasteiger partial charge in [0, 0.05) is 0 Å². The van der Waals surface area contributed by atoms with Crippen LogP contribution in [0.1, 0.15) is 33.6 Å². The van der Waals surface area contributed by atoms with E-state index in [2.05, 4.69) is 0 Å². The largest absolute Gasteiger partial charge is 0.497 e. The first-order chi connectivity index (χ1) is 5.96. The number of hydrogen-bond acceptors (Lipinski definition) is 2. The zero-order valence-corrected chi connectivity index (χ0v) is 9.30. The predicted molar refractivity (Wildman–Crippen MR) is 48.5 cm³/mol. The Morgan fingerprint density at radius 2 is 1.50 bits per heavy atom. The molecule has 0 aromatic heterocycles. The Morgan fingerprint density at radius 3 is 1.79 bits per heavy atom. The van der Waals surface area contributed by atoms with Crippen LogP contribution in [-0.2, 0) is 9.84 Å².